The standard InChI is InChI=1S/C24H23FN5O7P/c1-4-14-13(9-34-2)30(23(33)36-14)19-12-7-11-8-24(20(31)26-22(32)27-21(24)38-3)15-10-35-6-5-29(15)17(11)16(25)18(12)37-28-19/h4,7,13-15H,1,3,5-6,8-10H2,2H3,(H,26,31,32). The summed E-state index contributed by atoms with van der Waals surface area (Å²) in [6.45, 7) is 4.55. The Morgan fingerprint density at radius 1 is 1.39 bits per heavy atom. The molecule has 38 heavy (non-hydrogen) atoms. The van der Waals surface area contributed by atoms with Crippen LogP contribution in [0.25, 0.3) is 11.0 Å². The van der Waals surface area contributed by atoms with Crippen molar-refractivity contribution in [1.29, 1.82) is 0 Å². The Labute approximate surface area is 217 Å². The largest absolute Gasteiger partial charge is 0.439 e. The first kappa shape index (κ1) is 24.7. The molecule has 1 spiro atoms. The number of carbonyl (C=O) groups excluding carboxylic acids is 3. The zero-order valence-electron chi connectivity index (χ0n) is 20.3. The number of fused-ring (bicyclic) bond motifs is 5. The maximum Gasteiger partial charge on any atom is 0.416 e. The Morgan fingerprint density at radius 3 is 2.95 bits per heavy atom. The van der Waals surface area contributed by atoms with Gasteiger partial charge in [0.2, 0.25) is 11.5 Å². The highest BCUT2D eigenvalue weighted by Gasteiger charge is 2.58. The van der Waals surface area contributed by atoms with Crippen molar-refractivity contribution < 1.29 is 37.5 Å². The topological polar surface area (TPSA) is 136 Å². The van der Waals surface area contributed by atoms with Crippen LogP contribution in [-0.4, -0.2) is 86.6 Å². The maximum absolute atomic E-state index is 16.2. The summed E-state index contributed by atoms with van der Waals surface area (Å²) in [6, 6.07) is -0.345. The molecule has 198 valence electrons. The molecule has 5 heterocycles. The molecule has 12 nitrogen and oxygen atoms in total. The molecule has 2 aromatic rings. The monoisotopic (exact) mass is 543 g/mol. The van der Waals surface area contributed by atoms with Gasteiger partial charge in [-0.25, -0.2) is 18.9 Å². The fourth-order valence-electron chi connectivity index (χ4n) is 5.88. The Bertz CT molecular complexity index is 1440. The normalized spacial score (nSPS) is 28.8. The molecule has 2 saturated heterocycles. The minimum absolute atomic E-state index is 0.0199. The van der Waals surface area contributed by atoms with Crippen molar-refractivity contribution in [2.45, 2.75) is 24.6 Å². The molecule has 1 N–H and O–H groups in total. The van der Waals surface area contributed by atoms with E-state index in [1.165, 1.54) is 18.1 Å². The third-order valence-corrected chi connectivity index (χ3v) is 8.32. The minimum Gasteiger partial charge on any atom is -0.439 e. The summed E-state index contributed by atoms with van der Waals surface area (Å²) in [7, 11) is 1.87. The third-order valence-electron chi connectivity index (χ3n) is 7.52. The SMILES string of the molecule is C=CC1OC(=O)N(c2noc3c(F)c4c(cc23)CC2(C(=O)NC(=O)N=C2P=C)C2COCCN42)C1COC. The molecule has 4 aliphatic rings. The van der Waals surface area contributed by atoms with Crippen LogP contribution < -0.4 is 15.1 Å². The predicted octanol–water partition coefficient (Wildman–Crippen LogP) is 2.27. The van der Waals surface area contributed by atoms with Gasteiger partial charge in [0.05, 0.1) is 42.4 Å². The molecule has 0 aliphatic carbocycles. The van der Waals surface area contributed by atoms with E-state index in [1.807, 2.05) is 0 Å². The highest BCUT2D eigenvalue weighted by atomic mass is 31.1. The van der Waals surface area contributed by atoms with Gasteiger partial charge in [-0.2, -0.15) is 4.99 Å². The molecule has 4 atom stereocenters. The van der Waals surface area contributed by atoms with Crippen molar-refractivity contribution in [2.75, 3.05) is 43.3 Å². The number of hydrogen-bond acceptors (Lipinski definition) is 9. The molecule has 2 fully saturated rings. The van der Waals surface area contributed by atoms with Gasteiger partial charge < -0.3 is 23.6 Å². The molecule has 4 unspecified atom stereocenters. The number of amides is 4. The number of ether oxygens (including phenoxy) is 3. The van der Waals surface area contributed by atoms with Crippen LogP contribution in [0.15, 0.2) is 28.2 Å². The fourth-order valence-corrected chi connectivity index (χ4v) is 6.65. The second-order valence-corrected chi connectivity index (χ2v) is 10.1. The van der Waals surface area contributed by atoms with Crippen molar-refractivity contribution in [3.05, 3.63) is 30.1 Å². The predicted molar refractivity (Wildman–Crippen MR) is 136 cm³/mol. The van der Waals surface area contributed by atoms with Crippen molar-refractivity contribution in [3.8, 4) is 0 Å². The van der Waals surface area contributed by atoms with Gasteiger partial charge in [0.15, 0.2) is 11.6 Å². The molecule has 14 heteroatoms. The van der Waals surface area contributed by atoms with Crippen LogP contribution >= 0.6 is 8.20 Å². The summed E-state index contributed by atoms with van der Waals surface area (Å²) < 4.78 is 38.0. The summed E-state index contributed by atoms with van der Waals surface area (Å²) in [4.78, 5) is 45.5. The molecular weight excluding hydrogens is 520 g/mol. The first-order valence-corrected chi connectivity index (χ1v) is 12.9. The number of aliphatic imine (C=N–C) groups is 1. The molecule has 4 amide bonds. The molecule has 1 aromatic heterocycles. The van der Waals surface area contributed by atoms with Crippen LogP contribution in [0, 0.1) is 11.2 Å². The van der Waals surface area contributed by atoms with E-state index in [4.69, 9.17) is 18.7 Å². The van der Waals surface area contributed by atoms with Crippen LogP contribution in [0.3, 0.4) is 0 Å². The molecule has 0 saturated carbocycles. The number of rotatable bonds is 5. The Morgan fingerprint density at radius 2 is 2.21 bits per heavy atom. The number of cyclic esters (lactones) is 1. The number of urea groups is 1. The lowest BCUT2D eigenvalue weighted by Crippen LogP contribution is -2.68. The van der Waals surface area contributed by atoms with Crippen molar-refractivity contribution >= 4 is 60.5 Å². The molecular formula is C24H23FN5O7P. The number of imide groups is 1. The summed E-state index contributed by atoms with van der Waals surface area (Å²) in [5.41, 5.74) is -0.458. The molecule has 1 aromatic carbocycles. The van der Waals surface area contributed by atoms with E-state index in [2.05, 4.69) is 28.3 Å². The zero-order valence-corrected chi connectivity index (χ0v) is 21.2. The molecule has 0 radical (unpaired) electrons. The summed E-state index contributed by atoms with van der Waals surface area (Å²) in [6.07, 6.45) is 3.99. The lowest BCUT2D eigenvalue weighted by atomic mass is 9.70. The summed E-state index contributed by atoms with van der Waals surface area (Å²) in [5, 5.41) is 6.58. The van der Waals surface area contributed by atoms with Gasteiger partial charge in [-0.05, 0) is 24.1 Å². The number of anilines is 2. The van der Waals surface area contributed by atoms with Gasteiger partial charge in [-0.3, -0.25) is 10.1 Å². The van der Waals surface area contributed by atoms with Gasteiger partial charge in [-0.15, -0.1) is 0 Å². The minimum atomic E-state index is -1.32. The van der Waals surface area contributed by atoms with Crippen molar-refractivity contribution in [3.63, 3.8) is 0 Å². The van der Waals surface area contributed by atoms with Gasteiger partial charge in [0, 0.05) is 13.7 Å². The number of carbonyl (C=O) groups is 3. The average Bonchev–Trinajstić information content (AvgIpc) is 3.46. The van der Waals surface area contributed by atoms with Gasteiger partial charge in [-0.1, -0.05) is 26.2 Å². The number of morpholine rings is 1. The Hall–Kier alpha value is -3.67. The van der Waals surface area contributed by atoms with E-state index in [9.17, 15) is 14.4 Å². The number of halogens is 1. The van der Waals surface area contributed by atoms with E-state index in [-0.39, 0.29) is 47.6 Å². The third kappa shape index (κ3) is 3.28. The van der Waals surface area contributed by atoms with E-state index in [0.717, 1.165) is 0 Å². The van der Waals surface area contributed by atoms with Crippen LogP contribution in [0.2, 0.25) is 0 Å². The molecule has 0 bridgehead atoms. The highest BCUT2D eigenvalue weighted by Crippen LogP contribution is 2.50. The van der Waals surface area contributed by atoms with Crippen LogP contribution in [0.1, 0.15) is 5.56 Å². The number of benzene rings is 1. The van der Waals surface area contributed by atoms with Gasteiger partial charge >= 0.3 is 12.1 Å². The number of nitrogens with one attached hydrogen (secondary N) is 1. The second kappa shape index (κ2) is 8.97. The fraction of sp³-hybridized carbons (Fsp3) is 0.417. The smallest absolute Gasteiger partial charge is 0.416 e. The summed E-state index contributed by atoms with van der Waals surface area (Å²) >= 11 is 0. The number of nitrogens with zero attached hydrogens (tertiary/aromatic N) is 4. The second-order valence-electron chi connectivity index (χ2n) is 9.34. The first-order chi connectivity index (χ1) is 18.3. The summed E-state index contributed by atoms with van der Waals surface area (Å²) in [5.74, 6) is -1.16. The zero-order chi connectivity index (χ0) is 26.8. The maximum atomic E-state index is 16.2. The lowest BCUT2D eigenvalue weighted by Gasteiger charge is -2.52. The number of aromatic nitrogens is 1. The van der Waals surface area contributed by atoms with Crippen molar-refractivity contribution in [1.82, 2.24) is 10.5 Å². The van der Waals surface area contributed by atoms with Crippen LogP contribution in [0.5, 0.6) is 0 Å². The van der Waals surface area contributed by atoms with E-state index >= 15 is 4.39 Å². The van der Waals surface area contributed by atoms with Crippen LogP contribution in [0.4, 0.5) is 25.5 Å². The van der Waals surface area contributed by atoms with Gasteiger partial charge in [0.1, 0.15) is 17.6 Å². The molecule has 6 rings (SSSR count). The van der Waals surface area contributed by atoms with Crippen LogP contribution in [-0.2, 0) is 25.4 Å². The lowest BCUT2D eigenvalue weighted by molar-refractivity contribution is -0.129. The Kier molecular flexibility index (Phi) is 5.82. The Balaban J connectivity index is 1.55. The van der Waals surface area contributed by atoms with E-state index in [0.29, 0.717) is 26.9 Å². The average molecular weight is 543 g/mol. The quantitative estimate of drug-likeness (QED) is 0.445. The number of methoxy groups -OCH3 is 1. The van der Waals surface area contributed by atoms with Crippen molar-refractivity contribution in [2.24, 2.45) is 10.4 Å². The van der Waals surface area contributed by atoms with E-state index < -0.39 is 47.5 Å². The highest BCUT2D eigenvalue weighted by molar-refractivity contribution is 7.57. The van der Waals surface area contributed by atoms with Gasteiger partial charge in [0.25, 0.3) is 0 Å². The molecule has 4 aliphatic heterocycles. The van der Waals surface area contributed by atoms with E-state index in [1.54, 1.807) is 11.0 Å². The first-order valence-electron chi connectivity index (χ1n) is 11.8. The number of hydrogen-bond donors (Lipinski definition) is 1.